The molecule has 1 heteroatoms. The van der Waals surface area contributed by atoms with Gasteiger partial charge in [0, 0.05) is 0 Å². The number of fused-ring (bicyclic) bond motifs is 3. The van der Waals surface area contributed by atoms with E-state index in [0.29, 0.717) is 10.8 Å². The van der Waals surface area contributed by atoms with Crippen molar-refractivity contribution in [1.29, 1.82) is 0 Å². The maximum Gasteiger partial charge on any atom is 0.125 e. The highest BCUT2D eigenvalue weighted by atomic mass is 16.5. The SMILES string of the molecule is [2H]c1c([2H])c([2H])c2c3c(c(OC)c(C)c2c1[2H])CCCC3. The predicted octanol–water partition coefficient (Wildman–Crippen LogP) is 4.04. The van der Waals surface area contributed by atoms with Gasteiger partial charge in [-0.05, 0) is 60.1 Å². The molecule has 1 aliphatic carbocycles. The number of hydrogen-bond donors (Lipinski definition) is 0. The number of hydrogen-bond acceptors (Lipinski definition) is 1. The van der Waals surface area contributed by atoms with Crippen molar-refractivity contribution in [3.63, 3.8) is 0 Å². The van der Waals surface area contributed by atoms with Gasteiger partial charge < -0.3 is 4.74 Å². The molecule has 3 rings (SSSR count). The quantitative estimate of drug-likeness (QED) is 0.718. The Balaban J connectivity index is 2.58. The molecule has 1 aliphatic rings. The molecule has 0 radical (unpaired) electrons. The molecule has 88 valence electrons. The molecule has 0 saturated carbocycles. The van der Waals surface area contributed by atoms with Crippen LogP contribution in [0.3, 0.4) is 0 Å². The second-order valence-electron chi connectivity index (χ2n) is 4.57. The first-order chi connectivity index (χ1) is 9.99. The fourth-order valence-electron chi connectivity index (χ4n) is 2.87. The summed E-state index contributed by atoms with van der Waals surface area (Å²) in [5.41, 5.74) is 2.99. The predicted molar refractivity (Wildman–Crippen MR) is 71.9 cm³/mol. The molecule has 0 aromatic heterocycles. The van der Waals surface area contributed by atoms with Crippen LogP contribution in [0.5, 0.6) is 5.75 Å². The van der Waals surface area contributed by atoms with Crippen LogP contribution in [0.1, 0.15) is 35.0 Å². The van der Waals surface area contributed by atoms with E-state index in [1.165, 1.54) is 0 Å². The van der Waals surface area contributed by atoms with Crippen LogP contribution in [0.4, 0.5) is 0 Å². The molecular weight excluding hydrogens is 208 g/mol. The van der Waals surface area contributed by atoms with Crippen molar-refractivity contribution in [3.8, 4) is 5.75 Å². The second kappa shape index (κ2) is 4.06. The van der Waals surface area contributed by atoms with Gasteiger partial charge in [-0.15, -0.1) is 0 Å². The lowest BCUT2D eigenvalue weighted by molar-refractivity contribution is 0.404. The third-order valence-corrected chi connectivity index (χ3v) is 3.65. The minimum Gasteiger partial charge on any atom is -0.496 e. The zero-order chi connectivity index (χ0) is 15.3. The van der Waals surface area contributed by atoms with E-state index < -0.39 is 0 Å². The highest BCUT2D eigenvalue weighted by Gasteiger charge is 2.19. The molecule has 0 N–H and O–H groups in total. The van der Waals surface area contributed by atoms with Gasteiger partial charge in [0.05, 0.1) is 12.6 Å². The lowest BCUT2D eigenvalue weighted by Crippen LogP contribution is -2.07. The van der Waals surface area contributed by atoms with E-state index in [1.807, 2.05) is 6.92 Å². The Labute approximate surface area is 108 Å². The Hall–Kier alpha value is -1.50. The number of methoxy groups -OCH3 is 1. The zero-order valence-electron chi connectivity index (χ0n) is 14.2. The van der Waals surface area contributed by atoms with Gasteiger partial charge in [0.25, 0.3) is 0 Å². The van der Waals surface area contributed by atoms with E-state index in [-0.39, 0.29) is 24.2 Å². The lowest BCUT2D eigenvalue weighted by atomic mass is 9.85. The number of rotatable bonds is 1. The van der Waals surface area contributed by atoms with Crippen molar-refractivity contribution in [2.24, 2.45) is 0 Å². The lowest BCUT2D eigenvalue weighted by Gasteiger charge is -2.23. The van der Waals surface area contributed by atoms with Gasteiger partial charge >= 0.3 is 0 Å². The summed E-state index contributed by atoms with van der Waals surface area (Å²) in [7, 11) is 1.63. The summed E-state index contributed by atoms with van der Waals surface area (Å²) < 4.78 is 37.9. The molecule has 0 bridgehead atoms. The number of aryl methyl sites for hydroxylation is 2. The topological polar surface area (TPSA) is 9.23 Å². The number of benzene rings is 2. The van der Waals surface area contributed by atoms with Gasteiger partial charge in [-0.1, -0.05) is 24.2 Å². The monoisotopic (exact) mass is 230 g/mol. The molecule has 0 fully saturated rings. The molecule has 0 saturated heterocycles. The minimum absolute atomic E-state index is 0.0372. The Morgan fingerprint density at radius 3 is 2.41 bits per heavy atom. The van der Waals surface area contributed by atoms with Gasteiger partial charge in [0.2, 0.25) is 0 Å². The van der Waals surface area contributed by atoms with Crippen LogP contribution >= 0.6 is 0 Å². The average Bonchev–Trinajstić information content (AvgIpc) is 2.49. The summed E-state index contributed by atoms with van der Waals surface area (Å²) in [6, 6.07) is -0.205. The highest BCUT2D eigenvalue weighted by Crippen LogP contribution is 2.39. The first-order valence-electron chi connectivity index (χ1n) is 8.07. The van der Waals surface area contributed by atoms with E-state index in [0.717, 1.165) is 48.1 Å². The van der Waals surface area contributed by atoms with E-state index in [9.17, 15) is 0 Å². The summed E-state index contributed by atoms with van der Waals surface area (Å²) in [4.78, 5) is 0. The van der Waals surface area contributed by atoms with Crippen molar-refractivity contribution >= 4 is 10.8 Å². The van der Waals surface area contributed by atoms with Gasteiger partial charge in [0.15, 0.2) is 0 Å². The zero-order valence-corrected chi connectivity index (χ0v) is 10.2. The molecule has 0 atom stereocenters. The molecule has 0 heterocycles. The summed E-state index contributed by atoms with van der Waals surface area (Å²) in [6.45, 7) is 1.89. The van der Waals surface area contributed by atoms with Crippen molar-refractivity contribution in [2.45, 2.75) is 32.6 Å². The van der Waals surface area contributed by atoms with Gasteiger partial charge in [-0.25, -0.2) is 0 Å². The summed E-state index contributed by atoms with van der Waals surface area (Å²) in [5, 5.41) is 1.30. The van der Waals surface area contributed by atoms with E-state index >= 15 is 0 Å². The van der Waals surface area contributed by atoms with Crippen LogP contribution in [0.15, 0.2) is 24.2 Å². The summed E-state index contributed by atoms with van der Waals surface area (Å²) in [6.07, 6.45) is 3.92. The Morgan fingerprint density at radius 1 is 1.06 bits per heavy atom. The maximum absolute atomic E-state index is 8.26. The third-order valence-electron chi connectivity index (χ3n) is 3.65. The smallest absolute Gasteiger partial charge is 0.125 e. The van der Waals surface area contributed by atoms with Crippen LogP contribution in [-0.2, 0) is 12.8 Å². The van der Waals surface area contributed by atoms with Gasteiger partial charge in [-0.3, -0.25) is 0 Å². The fourth-order valence-corrected chi connectivity index (χ4v) is 2.87. The van der Waals surface area contributed by atoms with Crippen LogP contribution in [0.2, 0.25) is 0 Å². The molecular formula is C16H18O. The summed E-state index contributed by atoms with van der Waals surface area (Å²) >= 11 is 0. The molecule has 2 aromatic carbocycles. The minimum atomic E-state index is -0.173. The molecule has 0 amide bonds. The van der Waals surface area contributed by atoms with E-state index in [1.54, 1.807) is 7.11 Å². The van der Waals surface area contributed by atoms with Crippen LogP contribution in [0, 0.1) is 6.92 Å². The van der Waals surface area contributed by atoms with Crippen LogP contribution < -0.4 is 4.74 Å². The van der Waals surface area contributed by atoms with Crippen molar-refractivity contribution in [3.05, 3.63) is 40.9 Å². The van der Waals surface area contributed by atoms with Crippen LogP contribution in [-0.4, -0.2) is 7.11 Å². The number of ether oxygens (including phenoxy) is 1. The maximum atomic E-state index is 8.26. The highest BCUT2D eigenvalue weighted by molar-refractivity contribution is 5.92. The molecule has 0 aliphatic heterocycles. The van der Waals surface area contributed by atoms with Crippen molar-refractivity contribution < 1.29 is 10.2 Å². The summed E-state index contributed by atoms with van der Waals surface area (Å²) in [5.74, 6) is 0.794. The normalized spacial score (nSPS) is 18.0. The molecule has 0 spiro atoms. The standard InChI is InChI=1S/C16H18O/c1-11-12-7-3-4-8-13(12)14-9-5-6-10-15(14)16(11)17-2/h3-4,7-8H,5-6,9-10H2,1-2H3/i3D,4D,7D,8D. The Morgan fingerprint density at radius 2 is 1.71 bits per heavy atom. The van der Waals surface area contributed by atoms with Crippen molar-refractivity contribution in [1.82, 2.24) is 0 Å². The fraction of sp³-hybridized carbons (Fsp3) is 0.375. The van der Waals surface area contributed by atoms with Gasteiger partial charge in [-0.2, -0.15) is 0 Å². The van der Waals surface area contributed by atoms with Crippen molar-refractivity contribution in [2.75, 3.05) is 7.11 Å². The first kappa shape index (κ1) is 7.05. The van der Waals surface area contributed by atoms with Crippen LogP contribution in [0.25, 0.3) is 10.8 Å². The van der Waals surface area contributed by atoms with Gasteiger partial charge in [0.1, 0.15) is 5.75 Å². The Bertz CT molecular complexity index is 752. The first-order valence-corrected chi connectivity index (χ1v) is 6.07. The molecule has 2 aromatic rings. The van der Waals surface area contributed by atoms with E-state index in [2.05, 4.69) is 0 Å². The second-order valence-corrected chi connectivity index (χ2v) is 4.57. The van der Waals surface area contributed by atoms with E-state index in [4.69, 9.17) is 10.2 Å². The Kier molecular flexibility index (Phi) is 1.69. The molecule has 0 unspecified atom stereocenters. The average molecular weight is 230 g/mol. The molecule has 17 heavy (non-hydrogen) atoms. The third kappa shape index (κ3) is 1.53. The largest absolute Gasteiger partial charge is 0.496 e. The molecule has 1 nitrogen and oxygen atoms in total.